The molecule has 0 radical (unpaired) electrons. The molecule has 42 heavy (non-hydrogen) atoms. The van der Waals surface area contributed by atoms with Crippen molar-refractivity contribution in [1.29, 1.82) is 0 Å². The molecule has 0 atom stereocenters. The average molecular weight is 578 g/mol. The van der Waals surface area contributed by atoms with Gasteiger partial charge >= 0.3 is 0 Å². The van der Waals surface area contributed by atoms with Crippen LogP contribution in [0.2, 0.25) is 0 Å². The van der Waals surface area contributed by atoms with E-state index in [-0.39, 0.29) is 5.41 Å². The van der Waals surface area contributed by atoms with E-state index < -0.39 is 0 Å². The Morgan fingerprint density at radius 3 is 1.52 bits per heavy atom. The molecule has 0 aliphatic carbocycles. The van der Waals surface area contributed by atoms with Crippen LogP contribution in [0.4, 0.5) is 5.69 Å². The molecular weight excluding hydrogens is 506 g/mol. The number of hydrogen-bond acceptors (Lipinski definition) is 1. The fraction of sp³-hybridized carbons (Fsp3) is 0.463. The van der Waals surface area contributed by atoms with E-state index in [1.54, 1.807) is 6.08 Å². The molecule has 0 spiro atoms. The summed E-state index contributed by atoms with van der Waals surface area (Å²) in [5.41, 5.74) is 16.0. The molecule has 1 heteroatoms. The highest BCUT2D eigenvalue weighted by molar-refractivity contribution is 5.67. The standard InChI is InChI=1S/C12H17N.C12H18.C7H14.C5H8.C3H8.C2H6/c1-5-9-10(12(2,3)4)7-6-8-11(9)13;1-7-11(6)12(10(4)5)8-9(2)3;1-4-5-6-7(2)3;1-4-5(2)3;1-3-2;1-2/h5-8H,1,13H2,2-4H3;7-8H,2,4H2,1,3,5-6H3;2,4-6H2,1,3H3;4H,1-2H2,3H3;3H2,1-2H3;1-2H3/b;11-7-,12-8-;;;;. The second-order valence-corrected chi connectivity index (χ2v) is 11.2. The van der Waals surface area contributed by atoms with Crippen molar-refractivity contribution >= 4 is 11.8 Å². The Morgan fingerprint density at radius 2 is 1.31 bits per heavy atom. The first-order valence-electron chi connectivity index (χ1n) is 15.5. The van der Waals surface area contributed by atoms with Crippen LogP contribution in [0, 0.1) is 0 Å². The molecule has 0 aliphatic heterocycles. The summed E-state index contributed by atoms with van der Waals surface area (Å²) in [6.45, 7) is 51.5. The van der Waals surface area contributed by atoms with Crippen molar-refractivity contribution in [1.82, 2.24) is 0 Å². The topological polar surface area (TPSA) is 26.0 Å². The summed E-state index contributed by atoms with van der Waals surface area (Å²) in [7, 11) is 0. The smallest absolute Gasteiger partial charge is 0.0390 e. The minimum absolute atomic E-state index is 0.124. The SMILES string of the molecule is C=C(C)/C=C(C(=C)C)\C(C)=C/C.C=C(C)CCCC.C=CC(=C)C.C=Cc1c(N)cccc1C(C)(C)C.CC.CCC. The van der Waals surface area contributed by atoms with Crippen LogP contribution < -0.4 is 5.73 Å². The molecule has 0 amide bonds. The molecule has 1 aromatic rings. The molecule has 0 aromatic heterocycles. The van der Waals surface area contributed by atoms with Crippen LogP contribution >= 0.6 is 0 Å². The molecule has 2 N–H and O–H groups in total. The van der Waals surface area contributed by atoms with Crippen molar-refractivity contribution < 1.29 is 0 Å². The van der Waals surface area contributed by atoms with Crippen molar-refractivity contribution in [2.24, 2.45) is 0 Å². The predicted octanol–water partition coefficient (Wildman–Crippen LogP) is 14.2. The normalized spacial score (nSPS) is 10.0. The van der Waals surface area contributed by atoms with Crippen LogP contribution in [-0.2, 0) is 5.41 Å². The first-order chi connectivity index (χ1) is 19.4. The number of hydrogen-bond donors (Lipinski definition) is 1. The predicted molar refractivity (Wildman–Crippen MR) is 203 cm³/mol. The number of rotatable bonds is 8. The molecule has 0 aliphatic rings. The average Bonchev–Trinajstić information content (AvgIpc) is 2.91. The number of nitrogen functional groups attached to an aromatic ring is 1. The number of anilines is 1. The summed E-state index contributed by atoms with van der Waals surface area (Å²) in [6, 6.07) is 6.00. The van der Waals surface area contributed by atoms with Gasteiger partial charge in [0.15, 0.2) is 0 Å². The maximum absolute atomic E-state index is 5.86. The van der Waals surface area contributed by atoms with E-state index in [1.165, 1.54) is 48.0 Å². The van der Waals surface area contributed by atoms with E-state index in [0.717, 1.165) is 28.0 Å². The van der Waals surface area contributed by atoms with Crippen molar-refractivity contribution in [3.05, 3.63) is 120 Å². The second-order valence-electron chi connectivity index (χ2n) is 11.2. The van der Waals surface area contributed by atoms with E-state index >= 15 is 0 Å². The zero-order valence-electron chi connectivity index (χ0n) is 30.7. The van der Waals surface area contributed by atoms with Crippen LogP contribution in [0.1, 0.15) is 134 Å². The molecule has 0 unspecified atom stereocenters. The molecule has 0 fully saturated rings. The highest BCUT2D eigenvalue weighted by atomic mass is 14.6. The maximum Gasteiger partial charge on any atom is 0.0390 e. The molecule has 0 heterocycles. The third-order valence-corrected chi connectivity index (χ3v) is 5.17. The quantitative estimate of drug-likeness (QED) is 0.186. The van der Waals surface area contributed by atoms with Gasteiger partial charge in [-0.25, -0.2) is 0 Å². The number of allylic oxidation sites excluding steroid dienone is 9. The van der Waals surface area contributed by atoms with Gasteiger partial charge in [-0.1, -0.05) is 160 Å². The molecule has 1 aromatic carbocycles. The van der Waals surface area contributed by atoms with E-state index in [4.69, 9.17) is 5.73 Å². The van der Waals surface area contributed by atoms with E-state index in [2.05, 4.69) is 113 Å². The number of benzene rings is 1. The Balaban J connectivity index is -0.000000144. The summed E-state index contributed by atoms with van der Waals surface area (Å²) in [5.74, 6) is 0. The van der Waals surface area contributed by atoms with Crippen molar-refractivity contribution in [3.63, 3.8) is 0 Å². The lowest BCUT2D eigenvalue weighted by atomic mass is 9.83. The summed E-state index contributed by atoms with van der Waals surface area (Å²) in [5, 5.41) is 0. The molecular formula is C41H71N. The van der Waals surface area contributed by atoms with Crippen LogP contribution in [0.25, 0.3) is 6.08 Å². The first-order valence-corrected chi connectivity index (χ1v) is 15.5. The third kappa shape index (κ3) is 31.5. The molecule has 0 bridgehead atoms. The number of unbranched alkanes of at least 4 members (excludes halogenated alkanes) is 1. The molecule has 0 saturated carbocycles. The maximum atomic E-state index is 5.86. The van der Waals surface area contributed by atoms with Crippen molar-refractivity contribution in [3.8, 4) is 0 Å². The highest BCUT2D eigenvalue weighted by Gasteiger charge is 2.17. The Morgan fingerprint density at radius 1 is 0.857 bits per heavy atom. The molecule has 240 valence electrons. The molecule has 1 rings (SSSR count). The van der Waals surface area contributed by atoms with Crippen molar-refractivity contribution in [2.45, 2.75) is 128 Å². The number of nitrogens with two attached hydrogens (primary N) is 1. The monoisotopic (exact) mass is 578 g/mol. The Kier molecular flexibility index (Phi) is 35.8. The van der Waals surface area contributed by atoms with Gasteiger partial charge in [-0.05, 0) is 82.6 Å². The minimum Gasteiger partial charge on any atom is -0.398 e. The van der Waals surface area contributed by atoms with E-state index in [0.29, 0.717) is 0 Å². The van der Waals surface area contributed by atoms with Gasteiger partial charge < -0.3 is 5.73 Å². The van der Waals surface area contributed by atoms with Gasteiger partial charge in [-0.3, -0.25) is 0 Å². The van der Waals surface area contributed by atoms with Gasteiger partial charge in [0.1, 0.15) is 0 Å². The lowest BCUT2D eigenvalue weighted by Crippen LogP contribution is -2.13. The highest BCUT2D eigenvalue weighted by Crippen LogP contribution is 2.29. The fourth-order valence-corrected chi connectivity index (χ4v) is 2.92. The van der Waals surface area contributed by atoms with Crippen LogP contribution in [0.15, 0.2) is 109 Å². The van der Waals surface area contributed by atoms with Gasteiger partial charge in [0, 0.05) is 11.3 Å². The Hall–Kier alpha value is -3.06. The van der Waals surface area contributed by atoms with Gasteiger partial charge in [-0.15, -0.1) is 6.58 Å². The minimum atomic E-state index is 0.124. The zero-order valence-corrected chi connectivity index (χ0v) is 30.7. The van der Waals surface area contributed by atoms with Crippen LogP contribution in [0.3, 0.4) is 0 Å². The largest absolute Gasteiger partial charge is 0.398 e. The Bertz CT molecular complexity index is 971. The third-order valence-electron chi connectivity index (χ3n) is 5.17. The summed E-state index contributed by atoms with van der Waals surface area (Å²) in [4.78, 5) is 0. The van der Waals surface area contributed by atoms with Crippen molar-refractivity contribution in [2.75, 3.05) is 5.73 Å². The summed E-state index contributed by atoms with van der Waals surface area (Å²) in [6.07, 6.45) is 12.7. The van der Waals surface area contributed by atoms with Gasteiger partial charge in [0.2, 0.25) is 0 Å². The molecule has 0 saturated heterocycles. The van der Waals surface area contributed by atoms with Gasteiger partial charge in [0.25, 0.3) is 0 Å². The van der Waals surface area contributed by atoms with Crippen LogP contribution in [0.5, 0.6) is 0 Å². The summed E-state index contributed by atoms with van der Waals surface area (Å²) >= 11 is 0. The lowest BCUT2D eigenvalue weighted by molar-refractivity contribution is 0.589. The lowest BCUT2D eigenvalue weighted by Gasteiger charge is -2.22. The van der Waals surface area contributed by atoms with Crippen LogP contribution in [-0.4, -0.2) is 0 Å². The zero-order chi connectivity index (χ0) is 34.5. The van der Waals surface area contributed by atoms with E-state index in [1.807, 2.05) is 59.8 Å². The van der Waals surface area contributed by atoms with Gasteiger partial charge in [0.05, 0.1) is 0 Å². The molecule has 1 nitrogen and oxygen atoms in total. The van der Waals surface area contributed by atoms with Gasteiger partial charge in [-0.2, -0.15) is 0 Å². The van der Waals surface area contributed by atoms with E-state index in [9.17, 15) is 0 Å². The Labute approximate surface area is 265 Å². The second kappa shape index (κ2) is 30.9. The fourth-order valence-electron chi connectivity index (χ4n) is 2.92. The first kappa shape index (κ1) is 48.7. The summed E-state index contributed by atoms with van der Waals surface area (Å²) < 4.78 is 0.